The van der Waals surface area contributed by atoms with Crippen molar-refractivity contribution in [3.8, 4) is 5.69 Å². The lowest BCUT2D eigenvalue weighted by molar-refractivity contribution is -0.255. The molecule has 0 aliphatic heterocycles. The van der Waals surface area contributed by atoms with Gasteiger partial charge < -0.3 is 15.2 Å². The van der Waals surface area contributed by atoms with Crippen LogP contribution in [0.3, 0.4) is 0 Å². The lowest BCUT2D eigenvalue weighted by Crippen LogP contribution is -2.28. The van der Waals surface area contributed by atoms with E-state index in [9.17, 15) is 27.9 Å². The molecule has 1 N–H and O–H groups in total. The average Bonchev–Trinajstić information content (AvgIpc) is 3.13. The first-order chi connectivity index (χ1) is 12.8. The van der Waals surface area contributed by atoms with Crippen molar-refractivity contribution in [3.05, 3.63) is 66.0 Å². The number of alkyl halides is 3. The van der Waals surface area contributed by atoms with Gasteiger partial charge in [0.1, 0.15) is 5.69 Å². The number of carboxylic acids is 1. The van der Waals surface area contributed by atoms with Crippen molar-refractivity contribution in [1.82, 2.24) is 19.7 Å². The van der Waals surface area contributed by atoms with E-state index < -0.39 is 35.1 Å². The van der Waals surface area contributed by atoms with E-state index in [1.165, 1.54) is 24.3 Å². The Hall–Kier alpha value is -3.76. The van der Waals surface area contributed by atoms with Gasteiger partial charge in [-0.15, -0.1) is 0 Å². The third-order valence-electron chi connectivity index (χ3n) is 3.38. The van der Waals surface area contributed by atoms with Crippen molar-refractivity contribution in [2.24, 2.45) is 0 Å². The third-order valence-corrected chi connectivity index (χ3v) is 3.38. The quantitative estimate of drug-likeness (QED) is 0.734. The molecule has 3 rings (SSSR count). The molecule has 0 atom stereocenters. The van der Waals surface area contributed by atoms with Crippen LogP contribution < -0.4 is 10.4 Å². The predicted octanol–water partition coefficient (Wildman–Crippen LogP) is 1.30. The van der Waals surface area contributed by atoms with Gasteiger partial charge in [0, 0.05) is 24.3 Å². The van der Waals surface area contributed by atoms with Gasteiger partial charge in [0.2, 0.25) is 0 Å². The number of carboxylic acid groups (broad SMARTS) is 1. The van der Waals surface area contributed by atoms with Gasteiger partial charge in [-0.3, -0.25) is 9.78 Å². The highest BCUT2D eigenvalue weighted by molar-refractivity contribution is 6.08. The Labute approximate surface area is 149 Å². The van der Waals surface area contributed by atoms with Crippen LogP contribution in [0.2, 0.25) is 0 Å². The molecule has 0 unspecified atom stereocenters. The highest BCUT2D eigenvalue weighted by atomic mass is 19.4. The maximum atomic E-state index is 12.6. The van der Waals surface area contributed by atoms with E-state index in [0.717, 1.165) is 29.3 Å². The van der Waals surface area contributed by atoms with Crippen LogP contribution in [0.15, 0.2) is 48.9 Å². The maximum Gasteiger partial charge on any atom is 0.435 e. The van der Waals surface area contributed by atoms with Crippen molar-refractivity contribution >= 4 is 17.6 Å². The normalized spacial score (nSPS) is 11.2. The number of anilines is 1. The molecule has 8 nitrogen and oxygen atoms in total. The number of carbonyl (C=O) groups excluding carboxylic acids is 2. The van der Waals surface area contributed by atoms with Gasteiger partial charge in [-0.2, -0.15) is 18.3 Å². The van der Waals surface area contributed by atoms with Crippen molar-refractivity contribution in [2.45, 2.75) is 6.18 Å². The van der Waals surface area contributed by atoms with E-state index >= 15 is 0 Å². The first-order valence-corrected chi connectivity index (χ1v) is 7.33. The van der Waals surface area contributed by atoms with E-state index in [1.54, 1.807) is 0 Å². The Morgan fingerprint density at radius 1 is 1.00 bits per heavy atom. The Morgan fingerprint density at radius 3 is 2.19 bits per heavy atom. The number of hydrogen-bond donors (Lipinski definition) is 1. The van der Waals surface area contributed by atoms with Crippen LogP contribution in [0.1, 0.15) is 26.7 Å². The zero-order chi connectivity index (χ0) is 19.6. The number of amides is 1. The number of rotatable bonds is 4. The van der Waals surface area contributed by atoms with Gasteiger partial charge in [-0.05, 0) is 30.3 Å². The number of aromatic carboxylic acids is 1. The molecule has 0 bridgehead atoms. The molecule has 27 heavy (non-hydrogen) atoms. The molecular weight excluding hydrogens is 367 g/mol. The number of nitrogens with one attached hydrogen (secondary N) is 1. The SMILES string of the molecule is O=C([O-])c1nccnc1C(=O)Nc1ccc(-n2ccc(C(F)(F)F)n2)cc1. The summed E-state index contributed by atoms with van der Waals surface area (Å²) in [7, 11) is 0. The molecule has 11 heteroatoms. The highest BCUT2D eigenvalue weighted by Gasteiger charge is 2.33. The summed E-state index contributed by atoms with van der Waals surface area (Å²) < 4.78 is 38.8. The number of carbonyl (C=O) groups is 2. The first-order valence-electron chi connectivity index (χ1n) is 7.33. The number of halogens is 3. The van der Waals surface area contributed by atoms with Crippen molar-refractivity contribution in [2.75, 3.05) is 5.32 Å². The summed E-state index contributed by atoms with van der Waals surface area (Å²) >= 11 is 0. The first kappa shape index (κ1) is 18.0. The minimum atomic E-state index is -4.55. The molecule has 0 radical (unpaired) electrons. The Balaban J connectivity index is 1.78. The molecule has 0 spiro atoms. The van der Waals surface area contributed by atoms with E-state index in [-0.39, 0.29) is 5.69 Å². The van der Waals surface area contributed by atoms with Gasteiger partial charge in [-0.1, -0.05) is 0 Å². The molecule has 2 aromatic heterocycles. The van der Waals surface area contributed by atoms with Crippen molar-refractivity contribution in [1.29, 1.82) is 0 Å². The van der Waals surface area contributed by atoms with Gasteiger partial charge in [-0.25, -0.2) is 9.67 Å². The fraction of sp³-hybridized carbons (Fsp3) is 0.0625. The topological polar surface area (TPSA) is 113 Å². The Kier molecular flexibility index (Phi) is 4.59. The summed E-state index contributed by atoms with van der Waals surface area (Å²) in [4.78, 5) is 30.3. The van der Waals surface area contributed by atoms with E-state index in [1.807, 2.05) is 0 Å². The number of aromatic nitrogens is 4. The summed E-state index contributed by atoms with van der Waals surface area (Å²) in [6, 6.07) is 6.53. The molecule has 3 aromatic rings. The largest absolute Gasteiger partial charge is 0.543 e. The van der Waals surface area contributed by atoms with Gasteiger partial charge in [0.05, 0.1) is 11.7 Å². The molecule has 1 aromatic carbocycles. The monoisotopic (exact) mass is 376 g/mol. The fourth-order valence-corrected chi connectivity index (χ4v) is 2.16. The summed E-state index contributed by atoms with van der Waals surface area (Å²) in [5.74, 6) is -2.48. The molecule has 0 saturated heterocycles. The summed E-state index contributed by atoms with van der Waals surface area (Å²) in [6.45, 7) is 0. The fourth-order valence-electron chi connectivity index (χ4n) is 2.16. The smallest absolute Gasteiger partial charge is 0.435 e. The molecular formula is C16H9F3N5O3-. The third kappa shape index (κ3) is 3.92. The maximum absolute atomic E-state index is 12.6. The molecule has 0 aliphatic carbocycles. The second kappa shape index (κ2) is 6.86. The molecule has 1 amide bonds. The van der Waals surface area contributed by atoms with Crippen LogP contribution in [-0.4, -0.2) is 31.6 Å². The van der Waals surface area contributed by atoms with Crippen LogP contribution in [0, 0.1) is 0 Å². The van der Waals surface area contributed by atoms with Crippen LogP contribution in [0.4, 0.5) is 18.9 Å². The Morgan fingerprint density at radius 2 is 1.63 bits per heavy atom. The zero-order valence-electron chi connectivity index (χ0n) is 13.3. The van der Waals surface area contributed by atoms with Gasteiger partial charge >= 0.3 is 6.18 Å². The number of benzene rings is 1. The summed E-state index contributed by atoms with van der Waals surface area (Å²) in [6.07, 6.45) is -1.13. The minimum Gasteiger partial charge on any atom is -0.543 e. The molecule has 0 aliphatic rings. The standard InChI is InChI=1S/C16H10F3N5O3/c17-16(18,19)11-5-8-24(23-11)10-3-1-9(2-4-10)22-14(25)12-13(15(26)27)21-7-6-20-12/h1-8H,(H,22,25)(H,26,27)/p-1. The van der Waals surface area contributed by atoms with Crippen molar-refractivity contribution < 1.29 is 27.9 Å². The second-order valence-electron chi connectivity index (χ2n) is 5.19. The highest BCUT2D eigenvalue weighted by Crippen LogP contribution is 2.28. The van der Waals surface area contributed by atoms with Gasteiger partial charge in [0.15, 0.2) is 11.4 Å². The minimum absolute atomic E-state index is 0.266. The number of hydrogen-bond acceptors (Lipinski definition) is 6. The zero-order valence-corrected chi connectivity index (χ0v) is 13.3. The molecule has 0 saturated carbocycles. The lowest BCUT2D eigenvalue weighted by Gasteiger charge is -2.09. The predicted molar refractivity (Wildman–Crippen MR) is 82.9 cm³/mol. The summed E-state index contributed by atoms with van der Waals surface area (Å²) in [5, 5.41) is 16.8. The molecule has 2 heterocycles. The second-order valence-corrected chi connectivity index (χ2v) is 5.19. The van der Waals surface area contributed by atoms with Crippen LogP contribution in [0.25, 0.3) is 5.69 Å². The van der Waals surface area contributed by atoms with Crippen LogP contribution in [0.5, 0.6) is 0 Å². The van der Waals surface area contributed by atoms with Gasteiger partial charge in [0.25, 0.3) is 5.91 Å². The van der Waals surface area contributed by atoms with Crippen LogP contribution in [-0.2, 0) is 6.18 Å². The Bertz CT molecular complexity index is 999. The van der Waals surface area contributed by atoms with E-state index in [4.69, 9.17) is 0 Å². The van der Waals surface area contributed by atoms with Crippen molar-refractivity contribution in [3.63, 3.8) is 0 Å². The lowest BCUT2D eigenvalue weighted by atomic mass is 10.2. The number of nitrogens with zero attached hydrogens (tertiary/aromatic N) is 4. The summed E-state index contributed by atoms with van der Waals surface area (Å²) in [5.41, 5.74) is -1.47. The van der Waals surface area contributed by atoms with E-state index in [0.29, 0.717) is 5.69 Å². The average molecular weight is 376 g/mol. The van der Waals surface area contributed by atoms with Crippen LogP contribution >= 0.6 is 0 Å². The molecule has 138 valence electrons. The van der Waals surface area contributed by atoms with E-state index in [2.05, 4.69) is 20.4 Å². The molecule has 0 fully saturated rings.